The number of anilines is 1. The van der Waals surface area contributed by atoms with Gasteiger partial charge in [-0.3, -0.25) is 0 Å². The minimum atomic E-state index is -3.89. The van der Waals surface area contributed by atoms with Crippen LogP contribution in [0.15, 0.2) is 70.7 Å². The van der Waals surface area contributed by atoms with Crippen LogP contribution in [0.3, 0.4) is 0 Å². The second kappa shape index (κ2) is 15.0. The first-order valence-corrected chi connectivity index (χ1v) is 17.9. The monoisotopic (exact) mass is 687 g/mol. The zero-order chi connectivity index (χ0) is 32.9. The van der Waals surface area contributed by atoms with Crippen molar-refractivity contribution in [1.82, 2.24) is 14.2 Å². The lowest BCUT2D eigenvalue weighted by atomic mass is 9.84. The number of nitrogens with zero attached hydrogens (tertiary/aromatic N) is 5. The predicted molar refractivity (Wildman–Crippen MR) is 185 cm³/mol. The third-order valence-electron chi connectivity index (χ3n) is 9.12. The number of sulfonamides is 1. The molecule has 1 atom stereocenters. The molecule has 0 bridgehead atoms. The van der Waals surface area contributed by atoms with Gasteiger partial charge in [-0.1, -0.05) is 64.8 Å². The smallest absolute Gasteiger partial charge is 0.243 e. The maximum Gasteiger partial charge on any atom is 0.243 e. The highest BCUT2D eigenvalue weighted by Crippen LogP contribution is 2.34. The Morgan fingerprint density at radius 3 is 2.39 bits per heavy atom. The minimum absolute atomic E-state index is 0.00919. The van der Waals surface area contributed by atoms with E-state index in [1.165, 1.54) is 11.4 Å². The molecule has 5 rings (SSSR count). The van der Waals surface area contributed by atoms with E-state index in [1.807, 2.05) is 49.4 Å². The molecular weight excluding hydrogens is 645 g/mol. The Kier molecular flexibility index (Phi) is 11.3. The van der Waals surface area contributed by atoms with Crippen LogP contribution >= 0.6 is 23.2 Å². The van der Waals surface area contributed by atoms with Crippen LogP contribution < -0.4 is 4.90 Å². The molecule has 1 N–H and O–H groups in total. The molecule has 2 aromatic carbocycles. The Balaban J connectivity index is 1.36. The standard InChI is InChI=1S/C34H43Cl2N5O4S/c1-25-21-28(23-33(37-25)41-16-7-8-17-41)46(43,44)39(2)24-32(38-45-3)29(26-11-12-30(35)31(36)22-26)13-18-40-19-14-34(42,15-20-40)27-9-5-4-6-10-27/h4-6,9-12,21-23,29,42H,7-8,13-20,24H2,1-3H3/b38-32-. The Morgan fingerprint density at radius 1 is 1.04 bits per heavy atom. The van der Waals surface area contributed by atoms with Gasteiger partial charge in [-0.25, -0.2) is 13.4 Å². The number of aryl methyl sites for hydroxylation is 1. The summed E-state index contributed by atoms with van der Waals surface area (Å²) in [6.07, 6.45) is 4.01. The lowest BCUT2D eigenvalue weighted by Gasteiger charge is -2.39. The Morgan fingerprint density at radius 2 is 1.74 bits per heavy atom. The number of benzene rings is 2. The van der Waals surface area contributed by atoms with E-state index in [2.05, 4.69) is 19.9 Å². The van der Waals surface area contributed by atoms with Crippen molar-refractivity contribution in [3.05, 3.63) is 87.5 Å². The van der Waals surface area contributed by atoms with Gasteiger partial charge in [0.15, 0.2) is 0 Å². The number of piperidine rings is 1. The number of rotatable bonds is 12. The Bertz CT molecular complexity index is 1630. The molecular formula is C34H43Cl2N5O4S. The quantitative estimate of drug-likeness (QED) is 0.182. The fourth-order valence-corrected chi connectivity index (χ4v) is 7.98. The Hall–Kier alpha value is -2.73. The van der Waals surface area contributed by atoms with Crippen molar-refractivity contribution in [3.8, 4) is 0 Å². The van der Waals surface area contributed by atoms with Crippen LogP contribution in [0, 0.1) is 6.92 Å². The van der Waals surface area contributed by atoms with Gasteiger partial charge in [-0.15, -0.1) is 0 Å². The van der Waals surface area contributed by atoms with E-state index in [4.69, 9.17) is 28.0 Å². The number of aliphatic hydroxyl groups is 1. The molecule has 2 aliphatic heterocycles. The number of oxime groups is 1. The van der Waals surface area contributed by atoms with Gasteiger partial charge in [-0.05, 0) is 74.9 Å². The van der Waals surface area contributed by atoms with Crippen molar-refractivity contribution < 1.29 is 18.4 Å². The molecule has 0 amide bonds. The van der Waals surface area contributed by atoms with Crippen molar-refractivity contribution in [2.45, 2.75) is 55.4 Å². The average Bonchev–Trinajstić information content (AvgIpc) is 3.59. The summed E-state index contributed by atoms with van der Waals surface area (Å²) >= 11 is 12.7. The van der Waals surface area contributed by atoms with Gasteiger partial charge < -0.3 is 19.7 Å². The van der Waals surface area contributed by atoms with E-state index >= 15 is 0 Å². The summed E-state index contributed by atoms with van der Waals surface area (Å²) in [5.41, 5.74) is 2.16. The van der Waals surface area contributed by atoms with E-state index in [0.29, 0.717) is 53.1 Å². The summed E-state index contributed by atoms with van der Waals surface area (Å²) in [6, 6.07) is 18.6. The molecule has 2 saturated heterocycles. The van der Waals surface area contributed by atoms with Crippen LogP contribution in [0.25, 0.3) is 0 Å². The van der Waals surface area contributed by atoms with Gasteiger partial charge >= 0.3 is 0 Å². The number of halogens is 2. The van der Waals surface area contributed by atoms with Crippen molar-refractivity contribution >= 4 is 44.8 Å². The highest BCUT2D eigenvalue weighted by atomic mass is 35.5. The molecule has 248 valence electrons. The van der Waals surface area contributed by atoms with E-state index in [-0.39, 0.29) is 17.4 Å². The molecule has 12 heteroatoms. The van der Waals surface area contributed by atoms with Gasteiger partial charge in [0.25, 0.3) is 0 Å². The number of hydrogen-bond acceptors (Lipinski definition) is 8. The topological polar surface area (TPSA) is 98.6 Å². The van der Waals surface area contributed by atoms with Crippen molar-refractivity contribution in [2.75, 3.05) is 58.3 Å². The normalized spacial score (nSPS) is 18.2. The minimum Gasteiger partial charge on any atom is -0.399 e. The van der Waals surface area contributed by atoms with Crippen LogP contribution in [0.2, 0.25) is 10.0 Å². The predicted octanol–water partition coefficient (Wildman–Crippen LogP) is 6.08. The molecule has 3 heterocycles. The van der Waals surface area contributed by atoms with Gasteiger partial charge in [0, 0.05) is 50.9 Å². The first-order valence-electron chi connectivity index (χ1n) is 15.8. The zero-order valence-corrected chi connectivity index (χ0v) is 29.0. The maximum absolute atomic E-state index is 13.9. The first-order chi connectivity index (χ1) is 22.0. The van der Waals surface area contributed by atoms with Crippen LogP contribution in [0.1, 0.15) is 54.8 Å². The second-order valence-corrected chi connectivity index (χ2v) is 15.1. The average molecular weight is 689 g/mol. The highest BCUT2D eigenvalue weighted by molar-refractivity contribution is 7.89. The van der Waals surface area contributed by atoms with Crippen molar-refractivity contribution in [1.29, 1.82) is 0 Å². The molecule has 0 aliphatic carbocycles. The van der Waals surface area contributed by atoms with E-state index in [9.17, 15) is 13.5 Å². The van der Waals surface area contributed by atoms with E-state index in [1.54, 1.807) is 25.2 Å². The van der Waals surface area contributed by atoms with E-state index < -0.39 is 15.6 Å². The van der Waals surface area contributed by atoms with Crippen LogP contribution in [-0.4, -0.2) is 86.9 Å². The molecule has 2 fully saturated rings. The summed E-state index contributed by atoms with van der Waals surface area (Å²) in [7, 11) is -0.863. The summed E-state index contributed by atoms with van der Waals surface area (Å²) in [5.74, 6) is 0.381. The van der Waals surface area contributed by atoms with Crippen molar-refractivity contribution in [2.24, 2.45) is 5.16 Å². The number of likely N-dealkylation sites (tertiary alicyclic amines) is 1. The lowest BCUT2D eigenvalue weighted by molar-refractivity contribution is -0.0261. The summed E-state index contributed by atoms with van der Waals surface area (Å²) in [6.45, 7) is 5.72. The molecule has 3 aromatic rings. The highest BCUT2D eigenvalue weighted by Gasteiger charge is 2.35. The summed E-state index contributed by atoms with van der Waals surface area (Å²) < 4.78 is 29.2. The number of hydrogen-bond donors (Lipinski definition) is 1. The molecule has 1 unspecified atom stereocenters. The first kappa shape index (κ1) is 34.6. The fraction of sp³-hybridized carbons (Fsp3) is 0.471. The number of aromatic nitrogens is 1. The zero-order valence-electron chi connectivity index (χ0n) is 26.7. The third kappa shape index (κ3) is 8.03. The van der Waals surface area contributed by atoms with Crippen LogP contribution in [0.4, 0.5) is 5.82 Å². The molecule has 0 saturated carbocycles. The van der Waals surface area contributed by atoms with E-state index in [0.717, 1.165) is 50.1 Å². The molecule has 46 heavy (non-hydrogen) atoms. The van der Waals surface area contributed by atoms with Crippen LogP contribution in [0.5, 0.6) is 0 Å². The largest absolute Gasteiger partial charge is 0.399 e. The summed E-state index contributed by atoms with van der Waals surface area (Å²) in [5, 5.41) is 16.6. The maximum atomic E-state index is 13.9. The van der Waals surface area contributed by atoms with Gasteiger partial charge in [0.2, 0.25) is 10.0 Å². The van der Waals surface area contributed by atoms with Gasteiger partial charge in [0.05, 0.1) is 32.8 Å². The molecule has 0 spiro atoms. The fourth-order valence-electron chi connectivity index (χ4n) is 6.44. The Labute approximate surface area is 282 Å². The lowest BCUT2D eigenvalue weighted by Crippen LogP contribution is -2.43. The second-order valence-electron chi connectivity index (χ2n) is 12.3. The molecule has 2 aliphatic rings. The van der Waals surface area contributed by atoms with Crippen molar-refractivity contribution in [3.63, 3.8) is 0 Å². The third-order valence-corrected chi connectivity index (χ3v) is 11.6. The number of pyridine rings is 1. The molecule has 1 aromatic heterocycles. The van der Waals surface area contributed by atoms with Gasteiger partial charge in [0.1, 0.15) is 12.9 Å². The van der Waals surface area contributed by atoms with Gasteiger partial charge in [-0.2, -0.15) is 4.31 Å². The summed E-state index contributed by atoms with van der Waals surface area (Å²) in [4.78, 5) is 14.6. The molecule has 0 radical (unpaired) electrons. The molecule has 9 nitrogen and oxygen atoms in total. The SMILES string of the molecule is CO/N=C(/CN(C)S(=O)(=O)c1cc(C)nc(N2CCCC2)c1)C(CCN1CCC(O)(c2ccccc2)CC1)c1ccc(Cl)c(Cl)c1. The van der Waals surface area contributed by atoms with Crippen LogP contribution in [-0.2, 0) is 20.5 Å².